The van der Waals surface area contributed by atoms with Gasteiger partial charge in [0.2, 0.25) is 17.7 Å². The van der Waals surface area contributed by atoms with E-state index in [0.717, 1.165) is 0 Å². The monoisotopic (exact) mass is 452 g/mol. The van der Waals surface area contributed by atoms with Crippen molar-refractivity contribution in [3.8, 4) is 0 Å². The molecular weight excluding hydrogens is 420 g/mol. The number of aliphatic carboxylic acids is 1. The Morgan fingerprint density at radius 3 is 2.47 bits per heavy atom. The van der Waals surface area contributed by atoms with Gasteiger partial charge in [-0.25, -0.2) is 9.78 Å². The van der Waals surface area contributed by atoms with E-state index in [9.17, 15) is 29.4 Å². The highest BCUT2D eigenvalue weighted by atomic mass is 16.4. The third-order valence-corrected chi connectivity index (χ3v) is 5.44. The summed E-state index contributed by atoms with van der Waals surface area (Å²) in [7, 11) is 0. The van der Waals surface area contributed by atoms with Crippen LogP contribution in [0.5, 0.6) is 0 Å². The quantitative estimate of drug-likeness (QED) is 0.243. The van der Waals surface area contributed by atoms with Gasteiger partial charge in [-0.1, -0.05) is 13.8 Å². The molecule has 7 N–H and O–H groups in total. The number of aliphatic hydroxyl groups is 1. The molecule has 1 aliphatic heterocycles. The number of nitrogens with two attached hydrogens (primary N) is 1. The van der Waals surface area contributed by atoms with Gasteiger partial charge in [-0.05, 0) is 25.7 Å². The normalized spacial score (nSPS) is 19.8. The number of hydrogen-bond donors (Lipinski definition) is 6. The lowest BCUT2D eigenvalue weighted by atomic mass is 10.0. The summed E-state index contributed by atoms with van der Waals surface area (Å²) in [4.78, 5) is 57.8. The molecule has 1 aromatic heterocycles. The summed E-state index contributed by atoms with van der Waals surface area (Å²) in [5.41, 5.74) is 6.72. The molecule has 12 nitrogen and oxygen atoms in total. The molecule has 5 unspecified atom stereocenters. The Hall–Kier alpha value is -2.99. The molecule has 12 heteroatoms. The van der Waals surface area contributed by atoms with Gasteiger partial charge in [0.15, 0.2) is 0 Å². The van der Waals surface area contributed by atoms with Crippen LogP contribution < -0.4 is 16.4 Å². The van der Waals surface area contributed by atoms with E-state index < -0.39 is 59.9 Å². The zero-order chi connectivity index (χ0) is 24.0. The molecular formula is C20H32N6O6. The smallest absolute Gasteiger partial charge is 0.326 e. The van der Waals surface area contributed by atoms with Gasteiger partial charge in [-0.15, -0.1) is 0 Å². The minimum atomic E-state index is -1.38. The second-order valence-corrected chi connectivity index (χ2v) is 8.37. The topological polar surface area (TPSA) is 191 Å². The highest BCUT2D eigenvalue weighted by Gasteiger charge is 2.39. The summed E-state index contributed by atoms with van der Waals surface area (Å²) in [6.07, 6.45) is 2.96. The van der Waals surface area contributed by atoms with Gasteiger partial charge in [0.1, 0.15) is 18.1 Å². The Morgan fingerprint density at radius 2 is 1.94 bits per heavy atom. The number of H-pyrrole nitrogens is 1. The zero-order valence-corrected chi connectivity index (χ0v) is 18.4. The summed E-state index contributed by atoms with van der Waals surface area (Å²) >= 11 is 0. The minimum Gasteiger partial charge on any atom is -0.480 e. The van der Waals surface area contributed by atoms with Crippen LogP contribution in [0.4, 0.5) is 0 Å². The van der Waals surface area contributed by atoms with E-state index in [1.807, 2.05) is 0 Å². The SMILES string of the molecule is CC(C)C(NC(=O)C(NC(=O)C1CCCN1C(=O)C(N)Cc1cnc[nH]1)C(C)O)C(=O)O. The van der Waals surface area contributed by atoms with Crippen molar-refractivity contribution < 1.29 is 29.4 Å². The van der Waals surface area contributed by atoms with Crippen LogP contribution in [-0.2, 0) is 25.6 Å². The van der Waals surface area contributed by atoms with Crippen LogP contribution in [0.3, 0.4) is 0 Å². The number of imidazole rings is 1. The van der Waals surface area contributed by atoms with Crippen molar-refractivity contribution in [2.45, 2.75) is 70.3 Å². The number of nitrogens with one attached hydrogen (secondary N) is 3. The van der Waals surface area contributed by atoms with Crippen molar-refractivity contribution >= 4 is 23.7 Å². The maximum atomic E-state index is 12.9. The van der Waals surface area contributed by atoms with Crippen molar-refractivity contribution in [3.63, 3.8) is 0 Å². The van der Waals surface area contributed by atoms with Crippen molar-refractivity contribution in [1.29, 1.82) is 0 Å². The van der Waals surface area contributed by atoms with E-state index in [1.54, 1.807) is 20.0 Å². The summed E-state index contributed by atoms with van der Waals surface area (Å²) in [6.45, 7) is 4.91. The van der Waals surface area contributed by atoms with Crippen LogP contribution in [0, 0.1) is 5.92 Å². The van der Waals surface area contributed by atoms with E-state index in [1.165, 1.54) is 18.2 Å². The lowest BCUT2D eigenvalue weighted by Crippen LogP contribution is -2.60. The largest absolute Gasteiger partial charge is 0.480 e. The van der Waals surface area contributed by atoms with E-state index in [-0.39, 0.29) is 6.42 Å². The fourth-order valence-electron chi connectivity index (χ4n) is 3.65. The predicted octanol–water partition coefficient (Wildman–Crippen LogP) is -1.64. The molecule has 0 aliphatic carbocycles. The van der Waals surface area contributed by atoms with Crippen LogP contribution in [0.15, 0.2) is 12.5 Å². The van der Waals surface area contributed by atoms with Gasteiger partial charge in [0, 0.05) is 24.9 Å². The van der Waals surface area contributed by atoms with Crippen molar-refractivity contribution in [2.24, 2.45) is 11.7 Å². The van der Waals surface area contributed by atoms with Gasteiger partial charge >= 0.3 is 5.97 Å². The van der Waals surface area contributed by atoms with E-state index >= 15 is 0 Å². The lowest BCUT2D eigenvalue weighted by molar-refractivity contribution is -0.145. The molecule has 2 rings (SSSR count). The number of aliphatic hydroxyl groups excluding tert-OH is 1. The molecule has 3 amide bonds. The summed E-state index contributed by atoms with van der Waals surface area (Å²) in [5, 5.41) is 24.1. The van der Waals surface area contributed by atoms with Crippen LogP contribution >= 0.6 is 0 Å². The first kappa shape index (κ1) is 25.3. The first-order valence-corrected chi connectivity index (χ1v) is 10.6. The molecule has 0 spiro atoms. The van der Waals surface area contributed by atoms with Crippen LogP contribution in [0.25, 0.3) is 0 Å². The highest BCUT2D eigenvalue weighted by molar-refractivity contribution is 5.94. The Balaban J connectivity index is 2.05. The molecule has 32 heavy (non-hydrogen) atoms. The van der Waals surface area contributed by atoms with Crippen molar-refractivity contribution in [2.75, 3.05) is 6.54 Å². The average molecular weight is 453 g/mol. The number of likely N-dealkylation sites (tertiary alicyclic amines) is 1. The molecule has 0 aromatic carbocycles. The molecule has 0 saturated carbocycles. The maximum Gasteiger partial charge on any atom is 0.326 e. The van der Waals surface area contributed by atoms with E-state index in [4.69, 9.17) is 5.73 Å². The number of amides is 3. The van der Waals surface area contributed by atoms with Crippen LogP contribution in [-0.4, -0.2) is 85.6 Å². The molecule has 178 valence electrons. The Labute approximate surface area is 185 Å². The standard InChI is InChI=1S/C20H32N6O6/c1-10(2)15(20(31)32)24-18(29)16(11(3)27)25-17(28)14-5-4-6-26(14)19(30)13(21)7-12-8-22-9-23-12/h8-11,13-16,27H,4-7,21H2,1-3H3,(H,22,23)(H,24,29)(H,25,28)(H,31,32). The Bertz CT molecular complexity index is 812. The van der Waals surface area contributed by atoms with Crippen LogP contribution in [0.1, 0.15) is 39.3 Å². The molecule has 2 heterocycles. The molecule has 1 aromatic rings. The molecule has 0 radical (unpaired) electrons. The molecule has 5 atom stereocenters. The van der Waals surface area contributed by atoms with Crippen LogP contribution in [0.2, 0.25) is 0 Å². The summed E-state index contributed by atoms with van der Waals surface area (Å²) < 4.78 is 0. The molecule has 1 aliphatic rings. The second kappa shape index (κ2) is 11.0. The number of carboxylic acids is 1. The lowest BCUT2D eigenvalue weighted by Gasteiger charge is -2.29. The Morgan fingerprint density at radius 1 is 1.25 bits per heavy atom. The van der Waals surface area contributed by atoms with E-state index in [0.29, 0.717) is 25.1 Å². The number of aromatic amines is 1. The molecule has 1 fully saturated rings. The zero-order valence-electron chi connectivity index (χ0n) is 18.4. The first-order valence-electron chi connectivity index (χ1n) is 10.6. The van der Waals surface area contributed by atoms with Crippen molar-refractivity contribution in [1.82, 2.24) is 25.5 Å². The minimum absolute atomic E-state index is 0.230. The summed E-state index contributed by atoms with van der Waals surface area (Å²) in [6, 6.07) is -4.27. The predicted molar refractivity (Wildman–Crippen MR) is 113 cm³/mol. The first-order chi connectivity index (χ1) is 15.0. The number of carboxylic acid groups (broad SMARTS) is 1. The van der Waals surface area contributed by atoms with Gasteiger partial charge in [0.05, 0.1) is 18.5 Å². The third-order valence-electron chi connectivity index (χ3n) is 5.44. The number of rotatable bonds is 10. The van der Waals surface area contributed by atoms with Gasteiger partial charge in [-0.3, -0.25) is 14.4 Å². The number of carbonyl (C=O) groups is 4. The fourth-order valence-corrected chi connectivity index (χ4v) is 3.65. The molecule has 1 saturated heterocycles. The molecule has 0 bridgehead atoms. The van der Waals surface area contributed by atoms with Gasteiger partial charge in [0.25, 0.3) is 0 Å². The summed E-state index contributed by atoms with van der Waals surface area (Å²) in [5.74, 6) is -3.45. The maximum absolute atomic E-state index is 12.9. The number of nitrogens with zero attached hydrogens (tertiary/aromatic N) is 2. The third kappa shape index (κ3) is 6.26. The van der Waals surface area contributed by atoms with Gasteiger partial charge in [-0.2, -0.15) is 0 Å². The fraction of sp³-hybridized carbons (Fsp3) is 0.650. The second-order valence-electron chi connectivity index (χ2n) is 8.37. The number of hydrogen-bond acceptors (Lipinski definition) is 7. The Kier molecular flexibility index (Phi) is 8.72. The average Bonchev–Trinajstić information content (AvgIpc) is 3.40. The van der Waals surface area contributed by atoms with Gasteiger partial charge < -0.3 is 36.5 Å². The number of aromatic nitrogens is 2. The number of carbonyl (C=O) groups excluding carboxylic acids is 3. The van der Waals surface area contributed by atoms with E-state index in [2.05, 4.69) is 20.6 Å². The van der Waals surface area contributed by atoms with Crippen molar-refractivity contribution in [3.05, 3.63) is 18.2 Å². The highest BCUT2D eigenvalue weighted by Crippen LogP contribution is 2.19.